The first-order valence-electron chi connectivity index (χ1n) is 9.81. The lowest BCUT2D eigenvalue weighted by molar-refractivity contribution is -0.140. The Morgan fingerprint density at radius 1 is 1.18 bits per heavy atom. The van der Waals surface area contributed by atoms with E-state index in [1.165, 1.54) is 4.90 Å². The number of rotatable bonds is 11. The molecule has 1 aliphatic heterocycles. The predicted molar refractivity (Wildman–Crippen MR) is 105 cm³/mol. The van der Waals surface area contributed by atoms with Crippen LogP contribution in [0.15, 0.2) is 0 Å². The van der Waals surface area contributed by atoms with Gasteiger partial charge in [-0.3, -0.25) is 19.2 Å². The topological polar surface area (TPSA) is 174 Å². The number of carbonyl (C=O) groups is 4. The van der Waals surface area contributed by atoms with Crippen LogP contribution >= 0.6 is 0 Å². The first-order chi connectivity index (χ1) is 13.2. The fourth-order valence-electron chi connectivity index (χ4n) is 3.22. The van der Waals surface area contributed by atoms with E-state index in [0.717, 1.165) is 12.8 Å². The zero-order valence-electron chi connectivity index (χ0n) is 16.8. The van der Waals surface area contributed by atoms with Crippen LogP contribution in [0.2, 0.25) is 0 Å². The fourth-order valence-corrected chi connectivity index (χ4v) is 3.22. The van der Waals surface area contributed by atoms with Crippen LogP contribution in [0.4, 0.5) is 0 Å². The van der Waals surface area contributed by atoms with Crippen molar-refractivity contribution in [1.29, 1.82) is 0 Å². The number of nitrogens with zero attached hydrogens (tertiary/aromatic N) is 1. The Hall–Kier alpha value is -2.20. The van der Waals surface area contributed by atoms with Gasteiger partial charge in [0.05, 0.1) is 12.6 Å². The summed E-state index contributed by atoms with van der Waals surface area (Å²) in [6.45, 7) is 4.26. The standard InChI is InChI=1S/C18H34N6O4/c1-11(2)15(17(27)22-10-14(21)25)23-16(26)13-7-5-9-24(13)18(28)12(20)6-3-4-8-19/h11-13,15H,3-10,19-20H2,1-2H3,(H2,21,25)(H,22,27)(H,23,26)/t12-,13-,15-/m0/s1. The molecule has 0 radical (unpaired) electrons. The van der Waals surface area contributed by atoms with E-state index in [4.69, 9.17) is 17.2 Å². The number of likely N-dealkylation sites (tertiary alicyclic amines) is 1. The summed E-state index contributed by atoms with van der Waals surface area (Å²) in [6.07, 6.45) is 3.27. The van der Waals surface area contributed by atoms with Crippen molar-refractivity contribution in [2.75, 3.05) is 19.6 Å². The van der Waals surface area contributed by atoms with E-state index < -0.39 is 35.8 Å². The van der Waals surface area contributed by atoms with E-state index in [1.807, 2.05) is 0 Å². The van der Waals surface area contributed by atoms with Crippen LogP contribution < -0.4 is 27.8 Å². The molecule has 0 aromatic rings. The van der Waals surface area contributed by atoms with E-state index in [2.05, 4.69) is 10.6 Å². The monoisotopic (exact) mass is 398 g/mol. The summed E-state index contributed by atoms with van der Waals surface area (Å²) in [7, 11) is 0. The highest BCUT2D eigenvalue weighted by Gasteiger charge is 2.37. The van der Waals surface area contributed by atoms with Gasteiger partial charge in [-0.1, -0.05) is 20.3 Å². The highest BCUT2D eigenvalue weighted by molar-refractivity contribution is 5.94. The summed E-state index contributed by atoms with van der Waals surface area (Å²) in [5.41, 5.74) is 16.5. The maximum Gasteiger partial charge on any atom is 0.243 e. The molecule has 4 amide bonds. The molecule has 0 bridgehead atoms. The Morgan fingerprint density at radius 3 is 2.43 bits per heavy atom. The number of nitrogens with two attached hydrogens (primary N) is 3. The Labute approximate surface area is 165 Å². The van der Waals surface area contributed by atoms with Crippen molar-refractivity contribution in [1.82, 2.24) is 15.5 Å². The number of carbonyl (C=O) groups excluding carboxylic acids is 4. The average molecular weight is 399 g/mol. The predicted octanol–water partition coefficient (Wildman–Crippen LogP) is -1.82. The van der Waals surface area contributed by atoms with Crippen LogP contribution in [0.25, 0.3) is 0 Å². The molecule has 8 N–H and O–H groups in total. The lowest BCUT2D eigenvalue weighted by Crippen LogP contribution is -2.57. The van der Waals surface area contributed by atoms with E-state index in [-0.39, 0.29) is 18.4 Å². The Balaban J connectivity index is 2.72. The third-order valence-corrected chi connectivity index (χ3v) is 4.81. The van der Waals surface area contributed by atoms with Crippen molar-refractivity contribution < 1.29 is 19.2 Å². The Morgan fingerprint density at radius 2 is 1.86 bits per heavy atom. The normalized spacial score (nSPS) is 18.6. The van der Waals surface area contributed by atoms with Crippen molar-refractivity contribution in [3.05, 3.63) is 0 Å². The lowest BCUT2D eigenvalue weighted by Gasteiger charge is -2.29. The van der Waals surface area contributed by atoms with Crippen LogP contribution in [-0.2, 0) is 19.2 Å². The Bertz CT molecular complexity index is 568. The van der Waals surface area contributed by atoms with Crippen LogP contribution in [0.1, 0.15) is 46.0 Å². The quantitative estimate of drug-likeness (QED) is 0.256. The molecular formula is C18H34N6O4. The van der Waals surface area contributed by atoms with Crippen molar-refractivity contribution in [2.24, 2.45) is 23.1 Å². The second-order valence-electron chi connectivity index (χ2n) is 7.50. The molecule has 160 valence electrons. The van der Waals surface area contributed by atoms with Gasteiger partial charge in [0.25, 0.3) is 0 Å². The first kappa shape index (κ1) is 23.8. The third kappa shape index (κ3) is 7.08. The molecule has 0 saturated carbocycles. The van der Waals surface area contributed by atoms with Gasteiger partial charge in [0.15, 0.2) is 0 Å². The maximum absolute atomic E-state index is 12.8. The van der Waals surface area contributed by atoms with E-state index in [0.29, 0.717) is 32.4 Å². The van der Waals surface area contributed by atoms with Gasteiger partial charge in [-0.25, -0.2) is 0 Å². The summed E-state index contributed by atoms with van der Waals surface area (Å²) in [5, 5.41) is 5.11. The molecule has 3 atom stereocenters. The fraction of sp³-hybridized carbons (Fsp3) is 0.778. The minimum atomic E-state index is -0.831. The molecule has 0 spiro atoms. The molecule has 0 aromatic heterocycles. The number of amides is 4. The molecule has 0 unspecified atom stereocenters. The molecule has 28 heavy (non-hydrogen) atoms. The third-order valence-electron chi connectivity index (χ3n) is 4.81. The summed E-state index contributed by atoms with van der Waals surface area (Å²) in [5.74, 6) is -2.02. The second kappa shape index (κ2) is 11.6. The highest BCUT2D eigenvalue weighted by atomic mass is 16.2. The van der Waals surface area contributed by atoms with Gasteiger partial charge in [0.1, 0.15) is 12.1 Å². The van der Waals surface area contributed by atoms with E-state index in [1.54, 1.807) is 13.8 Å². The summed E-state index contributed by atoms with van der Waals surface area (Å²) in [6, 6.07) is -2.15. The van der Waals surface area contributed by atoms with Crippen molar-refractivity contribution in [2.45, 2.75) is 64.1 Å². The molecule has 10 nitrogen and oxygen atoms in total. The van der Waals surface area contributed by atoms with E-state index >= 15 is 0 Å². The molecule has 1 saturated heterocycles. The minimum absolute atomic E-state index is 0.207. The van der Waals surface area contributed by atoms with Crippen molar-refractivity contribution in [3.8, 4) is 0 Å². The molecule has 1 heterocycles. The van der Waals surface area contributed by atoms with Crippen LogP contribution in [0.5, 0.6) is 0 Å². The second-order valence-corrected chi connectivity index (χ2v) is 7.50. The van der Waals surface area contributed by atoms with Crippen LogP contribution in [0.3, 0.4) is 0 Å². The number of hydrogen-bond donors (Lipinski definition) is 5. The summed E-state index contributed by atoms with van der Waals surface area (Å²) >= 11 is 0. The van der Waals surface area contributed by atoms with Crippen LogP contribution in [0, 0.1) is 5.92 Å². The average Bonchev–Trinajstić information content (AvgIpc) is 3.12. The molecule has 10 heteroatoms. The summed E-state index contributed by atoms with van der Waals surface area (Å²) in [4.78, 5) is 50.0. The smallest absolute Gasteiger partial charge is 0.243 e. The zero-order valence-corrected chi connectivity index (χ0v) is 16.8. The van der Waals surface area contributed by atoms with Crippen molar-refractivity contribution in [3.63, 3.8) is 0 Å². The van der Waals surface area contributed by atoms with E-state index in [9.17, 15) is 19.2 Å². The number of unbranched alkanes of at least 4 members (excludes halogenated alkanes) is 1. The summed E-state index contributed by atoms with van der Waals surface area (Å²) < 4.78 is 0. The maximum atomic E-state index is 12.8. The van der Waals surface area contributed by atoms with Gasteiger partial charge in [0.2, 0.25) is 23.6 Å². The van der Waals surface area contributed by atoms with Crippen LogP contribution in [-0.4, -0.2) is 66.3 Å². The van der Waals surface area contributed by atoms with Gasteiger partial charge in [0, 0.05) is 6.54 Å². The van der Waals surface area contributed by atoms with Gasteiger partial charge in [-0.2, -0.15) is 0 Å². The van der Waals surface area contributed by atoms with Crippen molar-refractivity contribution >= 4 is 23.6 Å². The number of nitrogens with one attached hydrogen (secondary N) is 2. The number of primary amides is 1. The zero-order chi connectivity index (χ0) is 21.3. The molecule has 1 fully saturated rings. The Kier molecular flexibility index (Phi) is 9.88. The molecule has 1 aliphatic rings. The first-order valence-corrected chi connectivity index (χ1v) is 9.81. The van der Waals surface area contributed by atoms with Gasteiger partial charge in [-0.15, -0.1) is 0 Å². The van der Waals surface area contributed by atoms with Gasteiger partial charge in [-0.05, 0) is 38.1 Å². The van der Waals surface area contributed by atoms with Gasteiger partial charge >= 0.3 is 0 Å². The molecular weight excluding hydrogens is 364 g/mol. The number of hydrogen-bond acceptors (Lipinski definition) is 6. The SMILES string of the molecule is CC(C)[C@H](NC(=O)[C@@H]1CCCN1C(=O)[C@@H](N)CCCCN)C(=O)NCC(N)=O. The minimum Gasteiger partial charge on any atom is -0.368 e. The largest absolute Gasteiger partial charge is 0.368 e. The lowest BCUT2D eigenvalue weighted by atomic mass is 10.0. The highest BCUT2D eigenvalue weighted by Crippen LogP contribution is 2.20. The van der Waals surface area contributed by atoms with Gasteiger partial charge < -0.3 is 32.7 Å². The molecule has 1 rings (SSSR count). The molecule has 0 aromatic carbocycles. The molecule has 0 aliphatic carbocycles.